The number of aromatic hydroxyl groups is 1. The second-order valence-corrected chi connectivity index (χ2v) is 5.69. The lowest BCUT2D eigenvalue weighted by molar-refractivity contribution is 0.474. The molecule has 6 heteroatoms. The lowest BCUT2D eigenvalue weighted by Gasteiger charge is -1.98. The van der Waals surface area contributed by atoms with Crippen LogP contribution in [-0.4, -0.2) is 18.5 Å². The summed E-state index contributed by atoms with van der Waals surface area (Å²) >= 11 is 17.4. The largest absolute Gasteiger partial charge is 0.507 e. The van der Waals surface area contributed by atoms with E-state index < -0.39 is 0 Å². The minimum absolute atomic E-state index is 0.183. The van der Waals surface area contributed by atoms with Crippen molar-refractivity contribution in [1.29, 1.82) is 0 Å². The molecule has 0 amide bonds. The van der Waals surface area contributed by atoms with Crippen molar-refractivity contribution < 1.29 is 5.11 Å². The monoisotopic (exact) mass is 325 g/mol. The van der Waals surface area contributed by atoms with Crippen molar-refractivity contribution >= 4 is 58.1 Å². The molecule has 0 atom stereocenters. The molecule has 1 aromatic carbocycles. The maximum Gasteiger partial charge on any atom is 0.124 e. The first-order valence-corrected chi connectivity index (χ1v) is 6.88. The van der Waals surface area contributed by atoms with Crippen molar-refractivity contribution in [2.24, 2.45) is 0 Å². The Morgan fingerprint density at radius 2 is 1.68 bits per heavy atom. The van der Waals surface area contributed by atoms with Gasteiger partial charge in [-0.1, -0.05) is 36.6 Å². The summed E-state index contributed by atoms with van der Waals surface area (Å²) < 4.78 is 1.00. The number of thiocarbonyl (C=S) groups is 2. The van der Waals surface area contributed by atoms with Gasteiger partial charge >= 0.3 is 0 Å². The predicted octanol–water partition coefficient (Wildman–Crippen LogP) is 3.68. The average Bonchev–Trinajstić information content (AvgIpc) is 2.40. The Kier molecular flexibility index (Phi) is 7.01. The molecule has 2 rings (SSSR count). The fraction of sp³-hybridized carbons (Fsp3) is 0. The third kappa shape index (κ3) is 5.69. The van der Waals surface area contributed by atoms with Crippen LogP contribution in [0.25, 0.3) is 0 Å². The minimum Gasteiger partial charge on any atom is -0.507 e. The van der Waals surface area contributed by atoms with Gasteiger partial charge in [-0.2, -0.15) is 0 Å². The van der Waals surface area contributed by atoms with E-state index in [0.717, 1.165) is 5.56 Å². The molecule has 0 aliphatic rings. The van der Waals surface area contributed by atoms with E-state index in [0.29, 0.717) is 14.0 Å². The summed E-state index contributed by atoms with van der Waals surface area (Å²) in [5.74, 6) is 0.183. The molecule has 19 heavy (non-hydrogen) atoms. The molecule has 1 N–H and O–H groups in total. The average molecular weight is 326 g/mol. The lowest BCUT2D eigenvalue weighted by Crippen LogP contribution is -1.85. The van der Waals surface area contributed by atoms with E-state index in [1.807, 2.05) is 12.1 Å². The summed E-state index contributed by atoms with van der Waals surface area (Å²) in [5.41, 5.74) is 1.51. The van der Waals surface area contributed by atoms with Gasteiger partial charge in [-0.25, -0.2) is 0 Å². The van der Waals surface area contributed by atoms with E-state index >= 15 is 0 Å². The Morgan fingerprint density at radius 3 is 2.05 bits per heavy atom. The van der Waals surface area contributed by atoms with Gasteiger partial charge in [-0.3, -0.25) is 4.98 Å². The number of thiol groups is 2. The van der Waals surface area contributed by atoms with Crippen LogP contribution >= 0.6 is 49.7 Å². The standard InChI is InChI=1S/C7H6OS2.C6H5NS2/c8-6-4-2-1-3-5(6)7(9)10;8-6(9)5-2-1-3-7-4-5/h1-4,8H,(H,9,10);1-4H,(H,8,9). The zero-order chi connectivity index (χ0) is 14.3. The van der Waals surface area contributed by atoms with Crippen LogP contribution in [0.2, 0.25) is 0 Å². The molecule has 1 heterocycles. The van der Waals surface area contributed by atoms with Crippen LogP contribution in [0.3, 0.4) is 0 Å². The number of nitrogens with zero attached hydrogens (tertiary/aromatic N) is 1. The number of phenolic OH excluding ortho intramolecular Hbond substituents is 1. The number of hydrogen-bond acceptors (Lipinski definition) is 4. The molecule has 2 nitrogen and oxygen atoms in total. The zero-order valence-electron chi connectivity index (χ0n) is 9.72. The molecule has 0 saturated heterocycles. The second-order valence-electron chi connectivity index (χ2n) is 3.37. The fourth-order valence-electron chi connectivity index (χ4n) is 1.14. The number of pyridine rings is 1. The van der Waals surface area contributed by atoms with Crippen LogP contribution in [0.5, 0.6) is 5.75 Å². The van der Waals surface area contributed by atoms with Crippen LogP contribution in [0.15, 0.2) is 48.8 Å². The van der Waals surface area contributed by atoms with Gasteiger partial charge in [0.2, 0.25) is 0 Å². The first-order chi connectivity index (χ1) is 9.02. The predicted molar refractivity (Wildman–Crippen MR) is 93.7 cm³/mol. The SMILES string of the molecule is Oc1ccccc1C(=S)S.S=C(S)c1cccnc1. The molecule has 0 fully saturated rings. The van der Waals surface area contributed by atoms with Gasteiger partial charge in [-0.05, 0) is 24.3 Å². The molecular formula is C13H11NOS4. The van der Waals surface area contributed by atoms with E-state index in [1.165, 1.54) is 0 Å². The van der Waals surface area contributed by atoms with Gasteiger partial charge < -0.3 is 5.11 Å². The van der Waals surface area contributed by atoms with Crippen molar-refractivity contribution in [1.82, 2.24) is 4.98 Å². The number of para-hydroxylation sites is 1. The summed E-state index contributed by atoms with van der Waals surface area (Å²) in [6, 6.07) is 10.6. The van der Waals surface area contributed by atoms with Crippen molar-refractivity contribution in [3.05, 3.63) is 59.9 Å². The van der Waals surface area contributed by atoms with Gasteiger partial charge in [0.1, 0.15) is 5.75 Å². The highest BCUT2D eigenvalue weighted by Gasteiger charge is 1.99. The van der Waals surface area contributed by atoms with E-state index in [4.69, 9.17) is 29.5 Å². The highest BCUT2D eigenvalue weighted by molar-refractivity contribution is 8.12. The first kappa shape index (κ1) is 16.1. The zero-order valence-corrected chi connectivity index (χ0v) is 13.1. The van der Waals surface area contributed by atoms with Gasteiger partial charge in [0.05, 0.1) is 8.39 Å². The van der Waals surface area contributed by atoms with E-state index in [-0.39, 0.29) is 5.75 Å². The number of benzene rings is 1. The molecule has 0 unspecified atom stereocenters. The Morgan fingerprint density at radius 1 is 1.00 bits per heavy atom. The fourth-order valence-corrected chi connectivity index (χ4v) is 1.76. The molecule has 0 spiro atoms. The van der Waals surface area contributed by atoms with E-state index in [2.05, 4.69) is 30.2 Å². The summed E-state index contributed by atoms with van der Waals surface area (Å²) in [5, 5.41) is 9.14. The van der Waals surface area contributed by atoms with Crippen molar-refractivity contribution in [3.63, 3.8) is 0 Å². The highest BCUT2D eigenvalue weighted by Crippen LogP contribution is 2.17. The van der Waals surface area contributed by atoms with Crippen LogP contribution in [-0.2, 0) is 0 Å². The van der Waals surface area contributed by atoms with Crippen molar-refractivity contribution in [2.75, 3.05) is 0 Å². The third-order valence-corrected chi connectivity index (χ3v) is 3.00. The number of hydrogen-bond donors (Lipinski definition) is 3. The van der Waals surface area contributed by atoms with Crippen molar-refractivity contribution in [3.8, 4) is 5.75 Å². The Hall–Kier alpha value is -0.950. The Balaban J connectivity index is 0.000000191. The molecular weight excluding hydrogens is 314 g/mol. The molecule has 0 aliphatic carbocycles. The Bertz CT molecular complexity index is 572. The van der Waals surface area contributed by atoms with E-state index in [1.54, 1.807) is 36.7 Å². The molecule has 0 bridgehead atoms. The van der Waals surface area contributed by atoms with Gasteiger partial charge in [-0.15, -0.1) is 25.3 Å². The smallest absolute Gasteiger partial charge is 0.124 e. The number of phenols is 1. The number of aromatic nitrogens is 1. The van der Waals surface area contributed by atoms with Crippen molar-refractivity contribution in [2.45, 2.75) is 0 Å². The summed E-state index contributed by atoms with van der Waals surface area (Å²) in [6.45, 7) is 0. The summed E-state index contributed by atoms with van der Waals surface area (Å²) in [6.07, 6.45) is 3.39. The lowest BCUT2D eigenvalue weighted by atomic mass is 10.2. The van der Waals surface area contributed by atoms with E-state index in [9.17, 15) is 0 Å². The maximum absolute atomic E-state index is 9.14. The normalized spacial score (nSPS) is 9.16. The summed E-state index contributed by atoms with van der Waals surface area (Å²) in [4.78, 5) is 3.87. The maximum atomic E-state index is 9.14. The quantitative estimate of drug-likeness (QED) is 0.581. The third-order valence-electron chi connectivity index (χ3n) is 2.04. The number of rotatable bonds is 2. The highest BCUT2D eigenvalue weighted by atomic mass is 32.1. The van der Waals surface area contributed by atoms with Crippen LogP contribution < -0.4 is 0 Å². The van der Waals surface area contributed by atoms with Gasteiger partial charge in [0.25, 0.3) is 0 Å². The van der Waals surface area contributed by atoms with Gasteiger partial charge in [0.15, 0.2) is 0 Å². The minimum atomic E-state index is 0.183. The van der Waals surface area contributed by atoms with Crippen LogP contribution in [0.4, 0.5) is 0 Å². The topological polar surface area (TPSA) is 33.1 Å². The van der Waals surface area contributed by atoms with Crippen LogP contribution in [0.1, 0.15) is 11.1 Å². The molecule has 98 valence electrons. The Labute approximate surface area is 133 Å². The second kappa shape index (κ2) is 8.27. The molecule has 2 aromatic rings. The summed E-state index contributed by atoms with van der Waals surface area (Å²) in [7, 11) is 0. The molecule has 0 saturated carbocycles. The molecule has 1 aromatic heterocycles. The molecule has 0 aliphatic heterocycles. The van der Waals surface area contributed by atoms with Gasteiger partial charge in [0, 0.05) is 23.5 Å². The van der Waals surface area contributed by atoms with Crippen LogP contribution in [0, 0.1) is 0 Å². The molecule has 0 radical (unpaired) electrons. The first-order valence-electron chi connectivity index (χ1n) is 5.17.